The summed E-state index contributed by atoms with van der Waals surface area (Å²) in [4.78, 5) is 24.1. The molecule has 0 bridgehead atoms. The van der Waals surface area contributed by atoms with Gasteiger partial charge in [-0.15, -0.1) is 0 Å². The fourth-order valence-electron chi connectivity index (χ4n) is 3.17. The van der Waals surface area contributed by atoms with E-state index >= 15 is 0 Å². The van der Waals surface area contributed by atoms with Crippen LogP contribution in [0.1, 0.15) is 16.7 Å². The number of nitrogens with zero attached hydrogens (tertiary/aromatic N) is 1. The van der Waals surface area contributed by atoms with Crippen LogP contribution in [0, 0.1) is 0 Å². The fraction of sp³-hybridized carbons (Fsp3) is 0.200. The minimum absolute atomic E-state index is 0.0391. The van der Waals surface area contributed by atoms with Gasteiger partial charge in [0.15, 0.2) is 11.5 Å². The SMILES string of the molecule is COc1cc(C=CC(=O)NCc2ccc(Cn3ccccc3=O)cc2)cc(OC)c1OC. The van der Waals surface area contributed by atoms with Crippen LogP contribution in [-0.4, -0.2) is 31.8 Å². The Bertz CT molecular complexity index is 1120. The first-order valence-corrected chi connectivity index (χ1v) is 10.0. The molecule has 2 aromatic carbocycles. The Balaban J connectivity index is 1.58. The number of hydrogen-bond donors (Lipinski definition) is 1. The van der Waals surface area contributed by atoms with Crippen LogP contribution in [0.2, 0.25) is 0 Å². The second-order valence-corrected chi connectivity index (χ2v) is 6.99. The highest BCUT2D eigenvalue weighted by atomic mass is 16.5. The van der Waals surface area contributed by atoms with Crippen molar-refractivity contribution >= 4 is 12.0 Å². The summed E-state index contributed by atoms with van der Waals surface area (Å²) in [6.45, 7) is 0.897. The molecule has 7 heteroatoms. The monoisotopic (exact) mass is 434 g/mol. The lowest BCUT2D eigenvalue weighted by molar-refractivity contribution is -0.116. The lowest BCUT2D eigenvalue weighted by Crippen LogP contribution is -2.20. The highest BCUT2D eigenvalue weighted by molar-refractivity contribution is 5.91. The highest BCUT2D eigenvalue weighted by Crippen LogP contribution is 2.38. The Morgan fingerprint density at radius 3 is 2.19 bits per heavy atom. The molecular weight excluding hydrogens is 408 g/mol. The molecule has 0 radical (unpaired) electrons. The van der Waals surface area contributed by atoms with Crippen LogP contribution in [0.5, 0.6) is 17.2 Å². The van der Waals surface area contributed by atoms with Crippen molar-refractivity contribution in [2.24, 2.45) is 0 Å². The number of amides is 1. The van der Waals surface area contributed by atoms with Gasteiger partial charge in [0.25, 0.3) is 5.56 Å². The van der Waals surface area contributed by atoms with E-state index in [4.69, 9.17) is 14.2 Å². The third-order valence-corrected chi connectivity index (χ3v) is 4.86. The maximum Gasteiger partial charge on any atom is 0.250 e. The predicted molar refractivity (Wildman–Crippen MR) is 123 cm³/mol. The summed E-state index contributed by atoms with van der Waals surface area (Å²) in [6, 6.07) is 16.4. The molecule has 32 heavy (non-hydrogen) atoms. The quantitative estimate of drug-likeness (QED) is 0.523. The van der Waals surface area contributed by atoms with Crippen LogP contribution < -0.4 is 25.1 Å². The van der Waals surface area contributed by atoms with Crippen molar-refractivity contribution in [3.8, 4) is 17.2 Å². The van der Waals surface area contributed by atoms with Crippen molar-refractivity contribution in [3.63, 3.8) is 0 Å². The normalized spacial score (nSPS) is 10.7. The van der Waals surface area contributed by atoms with E-state index in [0.29, 0.717) is 30.3 Å². The minimum atomic E-state index is -0.223. The van der Waals surface area contributed by atoms with Crippen LogP contribution in [-0.2, 0) is 17.9 Å². The standard InChI is InChI=1S/C25H26N2O5/c1-30-21-14-20(15-22(31-2)25(21)32-3)11-12-23(28)26-16-18-7-9-19(10-8-18)17-27-13-5-4-6-24(27)29/h4-15H,16-17H2,1-3H3,(H,26,28). The Labute approximate surface area is 186 Å². The van der Waals surface area contributed by atoms with E-state index in [-0.39, 0.29) is 11.5 Å². The van der Waals surface area contributed by atoms with Crippen molar-refractivity contribution < 1.29 is 19.0 Å². The maximum absolute atomic E-state index is 12.2. The Hall–Kier alpha value is -4.00. The topological polar surface area (TPSA) is 78.8 Å². The van der Waals surface area contributed by atoms with E-state index in [2.05, 4.69) is 5.32 Å². The summed E-state index contributed by atoms with van der Waals surface area (Å²) in [6.07, 6.45) is 4.90. The molecule has 0 fully saturated rings. The summed E-state index contributed by atoms with van der Waals surface area (Å²) < 4.78 is 17.6. The second kappa shape index (κ2) is 10.9. The Morgan fingerprint density at radius 2 is 1.59 bits per heavy atom. The van der Waals surface area contributed by atoms with E-state index in [9.17, 15) is 9.59 Å². The number of methoxy groups -OCH3 is 3. The molecule has 0 spiro atoms. The fourth-order valence-corrected chi connectivity index (χ4v) is 3.17. The number of carbonyl (C=O) groups is 1. The minimum Gasteiger partial charge on any atom is -0.493 e. The zero-order valence-corrected chi connectivity index (χ0v) is 18.3. The van der Waals surface area contributed by atoms with Gasteiger partial charge in [0.2, 0.25) is 11.7 Å². The van der Waals surface area contributed by atoms with Crippen LogP contribution >= 0.6 is 0 Å². The van der Waals surface area contributed by atoms with Gasteiger partial charge in [-0.05, 0) is 41.0 Å². The molecule has 0 aliphatic heterocycles. The molecule has 0 aliphatic rings. The van der Waals surface area contributed by atoms with Gasteiger partial charge in [-0.2, -0.15) is 0 Å². The second-order valence-electron chi connectivity index (χ2n) is 6.99. The summed E-state index contributed by atoms with van der Waals surface area (Å²) in [5, 5.41) is 2.86. The number of aromatic nitrogens is 1. The first kappa shape index (κ1) is 22.7. The molecule has 1 amide bonds. The molecule has 7 nitrogen and oxygen atoms in total. The number of benzene rings is 2. The highest BCUT2D eigenvalue weighted by Gasteiger charge is 2.12. The summed E-state index contributed by atoms with van der Waals surface area (Å²) >= 11 is 0. The number of rotatable bonds is 9. The molecule has 3 aromatic rings. The van der Waals surface area contributed by atoms with Gasteiger partial charge in [-0.3, -0.25) is 9.59 Å². The lowest BCUT2D eigenvalue weighted by atomic mass is 10.1. The van der Waals surface area contributed by atoms with Gasteiger partial charge < -0.3 is 24.1 Å². The van der Waals surface area contributed by atoms with E-state index in [1.807, 2.05) is 30.3 Å². The largest absolute Gasteiger partial charge is 0.493 e. The molecule has 0 aliphatic carbocycles. The molecule has 0 saturated heterocycles. The van der Waals surface area contributed by atoms with Crippen molar-refractivity contribution in [2.75, 3.05) is 21.3 Å². The number of nitrogens with one attached hydrogen (secondary N) is 1. The lowest BCUT2D eigenvalue weighted by Gasteiger charge is -2.12. The predicted octanol–water partition coefficient (Wildman–Crippen LogP) is 3.25. The zero-order valence-electron chi connectivity index (χ0n) is 18.3. The van der Waals surface area contributed by atoms with E-state index in [1.165, 1.54) is 19.3 Å². The van der Waals surface area contributed by atoms with Crippen LogP contribution in [0.3, 0.4) is 0 Å². The maximum atomic E-state index is 12.2. The average Bonchev–Trinajstić information content (AvgIpc) is 2.82. The van der Waals surface area contributed by atoms with E-state index in [0.717, 1.165) is 16.7 Å². The summed E-state index contributed by atoms with van der Waals surface area (Å²) in [7, 11) is 4.62. The molecule has 0 saturated carbocycles. The molecule has 1 heterocycles. The average molecular weight is 434 g/mol. The molecule has 1 N–H and O–H groups in total. The van der Waals surface area contributed by atoms with Gasteiger partial charge in [0.1, 0.15) is 0 Å². The van der Waals surface area contributed by atoms with Crippen molar-refractivity contribution in [1.29, 1.82) is 0 Å². The third-order valence-electron chi connectivity index (χ3n) is 4.86. The van der Waals surface area contributed by atoms with Gasteiger partial charge in [0.05, 0.1) is 27.9 Å². The van der Waals surface area contributed by atoms with Crippen LogP contribution in [0.4, 0.5) is 0 Å². The number of hydrogen-bond acceptors (Lipinski definition) is 5. The van der Waals surface area contributed by atoms with Gasteiger partial charge in [-0.25, -0.2) is 0 Å². The smallest absolute Gasteiger partial charge is 0.250 e. The molecular formula is C25H26N2O5. The summed E-state index contributed by atoms with van der Waals surface area (Å²) in [5.74, 6) is 1.31. The molecule has 0 atom stereocenters. The molecule has 166 valence electrons. The van der Waals surface area contributed by atoms with Gasteiger partial charge in [-0.1, -0.05) is 30.3 Å². The number of ether oxygens (including phenoxy) is 3. The van der Waals surface area contributed by atoms with Crippen molar-refractivity contribution in [3.05, 3.63) is 93.9 Å². The van der Waals surface area contributed by atoms with Gasteiger partial charge in [0, 0.05) is 24.9 Å². The Morgan fingerprint density at radius 1 is 0.938 bits per heavy atom. The number of pyridine rings is 1. The van der Waals surface area contributed by atoms with Crippen LogP contribution in [0.15, 0.2) is 71.7 Å². The summed E-state index contributed by atoms with van der Waals surface area (Å²) in [5.41, 5.74) is 2.68. The molecule has 0 unspecified atom stereocenters. The first-order chi connectivity index (χ1) is 15.5. The number of carbonyl (C=O) groups excluding carboxylic acids is 1. The van der Waals surface area contributed by atoms with Crippen molar-refractivity contribution in [2.45, 2.75) is 13.1 Å². The van der Waals surface area contributed by atoms with Crippen molar-refractivity contribution in [1.82, 2.24) is 9.88 Å². The van der Waals surface area contributed by atoms with E-state index in [1.54, 1.807) is 49.3 Å². The molecule has 3 rings (SSSR count). The third kappa shape index (κ3) is 5.78. The van der Waals surface area contributed by atoms with Gasteiger partial charge >= 0.3 is 0 Å². The first-order valence-electron chi connectivity index (χ1n) is 10.0. The van der Waals surface area contributed by atoms with E-state index < -0.39 is 0 Å². The Kier molecular flexibility index (Phi) is 7.70. The van der Waals surface area contributed by atoms with Crippen LogP contribution in [0.25, 0.3) is 6.08 Å². The molecule has 1 aromatic heterocycles. The zero-order chi connectivity index (χ0) is 22.9.